The van der Waals surface area contributed by atoms with E-state index in [-0.39, 0.29) is 48.3 Å². The third-order valence-electron chi connectivity index (χ3n) is 8.19. The van der Waals surface area contributed by atoms with Crippen LogP contribution in [0, 0.1) is 13.8 Å². The zero-order valence-electron chi connectivity index (χ0n) is 31.7. The molecule has 0 unspecified atom stereocenters. The number of aliphatic carboxylic acids is 1. The van der Waals surface area contributed by atoms with Crippen LogP contribution in [0.15, 0.2) is 61.2 Å². The van der Waals surface area contributed by atoms with Crippen LogP contribution in [0.5, 0.6) is 0 Å². The van der Waals surface area contributed by atoms with Crippen molar-refractivity contribution in [1.82, 2.24) is 39.7 Å². The Morgan fingerprint density at radius 3 is 1.48 bits per heavy atom. The van der Waals surface area contributed by atoms with E-state index in [1.807, 2.05) is 0 Å². The molecule has 2 aromatic heterocycles. The molecular formula is C36H35ClF8N8O7. The molecule has 24 heteroatoms. The van der Waals surface area contributed by atoms with E-state index in [1.165, 1.54) is 45.0 Å². The average molecular weight is 879 g/mol. The van der Waals surface area contributed by atoms with Crippen LogP contribution in [0.3, 0.4) is 0 Å². The number of ether oxygens (including phenoxy) is 2. The Morgan fingerprint density at radius 2 is 1.13 bits per heavy atom. The summed E-state index contributed by atoms with van der Waals surface area (Å²) in [6, 6.07) is 6.98. The van der Waals surface area contributed by atoms with Crippen LogP contribution in [0.2, 0.25) is 0 Å². The lowest BCUT2D eigenvalue weighted by molar-refractivity contribution is -0.170. The van der Waals surface area contributed by atoms with Gasteiger partial charge in [-0.05, 0) is 61.4 Å². The van der Waals surface area contributed by atoms with E-state index < -0.39 is 71.7 Å². The summed E-state index contributed by atoms with van der Waals surface area (Å²) >= 11 is 0. The van der Waals surface area contributed by atoms with Crippen LogP contribution < -0.4 is 5.32 Å². The molecule has 2 aliphatic heterocycles. The summed E-state index contributed by atoms with van der Waals surface area (Å²) in [6.07, 6.45) is -2.21. The van der Waals surface area contributed by atoms with Gasteiger partial charge in [0.2, 0.25) is 17.2 Å². The van der Waals surface area contributed by atoms with E-state index in [1.54, 1.807) is 6.92 Å². The topological polar surface area (TPSA) is 184 Å². The summed E-state index contributed by atoms with van der Waals surface area (Å²) in [5.74, 6) is -3.41. The Morgan fingerprint density at radius 1 is 0.717 bits per heavy atom. The number of aryl methyl sites for hydroxylation is 2. The summed E-state index contributed by atoms with van der Waals surface area (Å²) in [6.45, 7) is 2.39. The van der Waals surface area contributed by atoms with Crippen molar-refractivity contribution in [2.45, 2.75) is 37.5 Å². The van der Waals surface area contributed by atoms with Crippen LogP contribution in [-0.2, 0) is 41.0 Å². The lowest BCUT2D eigenvalue weighted by atomic mass is 9.96. The minimum Gasteiger partial charge on any atom is -0.478 e. The molecule has 4 aromatic rings. The largest absolute Gasteiger partial charge is 0.478 e. The first kappa shape index (κ1) is 48.1. The molecule has 2 fully saturated rings. The smallest absolute Gasteiger partial charge is 0.416 e. The highest BCUT2D eigenvalue weighted by Gasteiger charge is 2.52. The fraction of sp³-hybridized carbons (Fsp3) is 0.333. The molecule has 1 amide bonds. The maximum Gasteiger partial charge on any atom is 0.416 e. The molecule has 6 rings (SSSR count). The van der Waals surface area contributed by atoms with Crippen LogP contribution in [0.1, 0.15) is 22.3 Å². The third kappa shape index (κ3) is 12.4. The summed E-state index contributed by atoms with van der Waals surface area (Å²) in [5, 5.41) is 19.1. The zero-order chi connectivity index (χ0) is 43.9. The maximum atomic E-state index is 14.0. The Bertz CT molecular complexity index is 2250. The number of likely N-dealkylation sites (tertiary alicyclic amines) is 1. The number of nitrogens with one attached hydrogen (secondary N) is 1. The van der Waals surface area contributed by atoms with Crippen molar-refractivity contribution < 1.29 is 68.9 Å². The fourth-order valence-electron chi connectivity index (χ4n) is 5.19. The van der Waals surface area contributed by atoms with Crippen molar-refractivity contribution in [3.05, 3.63) is 83.5 Å². The minimum atomic E-state index is -4.50. The predicted octanol–water partition coefficient (Wildman–Crippen LogP) is 5.19. The molecule has 0 spiro atoms. The number of alkyl halides is 8. The summed E-state index contributed by atoms with van der Waals surface area (Å²) in [7, 11) is 2.24. The summed E-state index contributed by atoms with van der Waals surface area (Å²) in [5.41, 5.74) is -4.33. The van der Waals surface area contributed by atoms with Crippen LogP contribution >= 0.6 is 12.4 Å². The van der Waals surface area contributed by atoms with E-state index in [9.17, 15) is 54.3 Å². The molecule has 2 saturated heterocycles. The number of methoxy groups -OCH3 is 2. The standard InChI is InChI=1S/C18H16F4N4O3.C13H10F3N3O2.C5H8FNO2.ClH/c1-11-5-12(7-13(6-11)18(20,21)22)15-23-10-26(24-15)4-3-14(27)25-8-17(19,9-25)16(28)29-2;1-8-4-9(6-10(5-8)13(14,15)16)12-17-7-19(18-12)3-2-11(20)21;1-9-4(8)5(6)2-7-3-5;/h3-7,10H,8-9H2,1-2H3;2-7H,1H3,(H,20,21);7H,2-3H2,1H3;1H/b4-3-;3-2-;;. The Kier molecular flexibility index (Phi) is 15.4. The van der Waals surface area contributed by atoms with Gasteiger partial charge < -0.3 is 24.8 Å². The van der Waals surface area contributed by atoms with E-state index in [2.05, 4.69) is 35.0 Å². The Balaban J connectivity index is 0.000000270. The quantitative estimate of drug-likeness (QED) is 0.135. The van der Waals surface area contributed by atoms with Crippen molar-refractivity contribution in [3.8, 4) is 22.8 Å². The van der Waals surface area contributed by atoms with Gasteiger partial charge in [-0.1, -0.05) is 0 Å². The molecular weight excluding hydrogens is 844 g/mol. The van der Waals surface area contributed by atoms with Crippen molar-refractivity contribution in [1.29, 1.82) is 0 Å². The Labute approximate surface area is 341 Å². The van der Waals surface area contributed by atoms with Crippen molar-refractivity contribution in [2.24, 2.45) is 0 Å². The number of rotatable bonds is 8. The van der Waals surface area contributed by atoms with Crippen molar-refractivity contribution >= 4 is 48.6 Å². The van der Waals surface area contributed by atoms with Crippen LogP contribution in [0.25, 0.3) is 35.2 Å². The van der Waals surface area contributed by atoms with Gasteiger partial charge in [0.1, 0.15) is 12.7 Å². The number of carboxylic acids is 1. The van der Waals surface area contributed by atoms with E-state index in [0.717, 1.165) is 64.0 Å². The lowest BCUT2D eigenvalue weighted by Crippen LogP contribution is -2.64. The first-order valence-corrected chi connectivity index (χ1v) is 16.8. The SMILES string of the molecule is COC(=O)C1(F)CN(C(=O)/C=C\n2cnc(-c3cc(C)cc(C(F)(F)F)c3)n2)C1.COC(=O)C1(F)CNC1.Cc1cc(-c2ncn(/C=C\C(=O)O)n2)cc(C(F)(F)F)c1.Cl. The number of hydrogen-bond acceptors (Lipinski definition) is 11. The van der Waals surface area contributed by atoms with Gasteiger partial charge in [0.05, 0.1) is 38.4 Å². The monoisotopic (exact) mass is 878 g/mol. The van der Waals surface area contributed by atoms with E-state index in [0.29, 0.717) is 11.1 Å². The van der Waals surface area contributed by atoms with Gasteiger partial charge in [-0.15, -0.1) is 22.6 Å². The molecule has 2 N–H and O–H groups in total. The molecule has 2 aliphatic rings. The molecule has 4 heterocycles. The molecule has 0 radical (unpaired) electrons. The fourth-order valence-corrected chi connectivity index (χ4v) is 5.19. The van der Waals surface area contributed by atoms with Gasteiger partial charge in [0, 0.05) is 48.8 Å². The van der Waals surface area contributed by atoms with E-state index >= 15 is 0 Å². The average Bonchev–Trinajstić information content (AvgIpc) is 3.83. The maximum absolute atomic E-state index is 14.0. The number of benzene rings is 2. The predicted molar refractivity (Wildman–Crippen MR) is 197 cm³/mol. The van der Waals surface area contributed by atoms with Gasteiger partial charge in [0.25, 0.3) is 0 Å². The van der Waals surface area contributed by atoms with E-state index in [4.69, 9.17) is 5.11 Å². The second-order valence-corrected chi connectivity index (χ2v) is 12.9. The first-order valence-electron chi connectivity index (χ1n) is 16.8. The number of aromatic nitrogens is 6. The van der Waals surface area contributed by atoms with Gasteiger partial charge in [-0.3, -0.25) is 4.79 Å². The number of nitrogens with zero attached hydrogens (tertiary/aromatic N) is 7. The second kappa shape index (κ2) is 19.2. The number of carboxylic acid groups (broad SMARTS) is 1. The highest BCUT2D eigenvalue weighted by atomic mass is 35.5. The molecule has 60 heavy (non-hydrogen) atoms. The highest BCUT2D eigenvalue weighted by molar-refractivity contribution is 5.93. The first-order chi connectivity index (χ1) is 27.5. The number of carbonyl (C=O) groups is 4. The lowest BCUT2D eigenvalue weighted by Gasteiger charge is -2.41. The molecule has 2 aromatic carbocycles. The highest BCUT2D eigenvalue weighted by Crippen LogP contribution is 2.34. The number of esters is 2. The van der Waals surface area contributed by atoms with Crippen LogP contribution in [0.4, 0.5) is 35.1 Å². The second-order valence-electron chi connectivity index (χ2n) is 12.9. The van der Waals surface area contributed by atoms with Crippen molar-refractivity contribution in [3.63, 3.8) is 0 Å². The molecule has 15 nitrogen and oxygen atoms in total. The minimum absolute atomic E-state index is 0. The number of halogens is 9. The number of amides is 1. The normalized spacial score (nSPS) is 15.3. The van der Waals surface area contributed by atoms with Gasteiger partial charge in [-0.25, -0.2) is 42.5 Å². The van der Waals surface area contributed by atoms with Crippen LogP contribution in [-0.4, -0.2) is 115 Å². The molecule has 324 valence electrons. The number of hydrogen-bond donors (Lipinski definition) is 2. The molecule has 0 atom stereocenters. The summed E-state index contributed by atoms with van der Waals surface area (Å²) < 4.78 is 115. The Hall–Kier alpha value is -6.23. The van der Waals surface area contributed by atoms with Crippen molar-refractivity contribution in [2.75, 3.05) is 40.4 Å². The molecule has 0 saturated carbocycles. The zero-order valence-corrected chi connectivity index (χ0v) is 32.5. The molecule has 0 bridgehead atoms. The summed E-state index contributed by atoms with van der Waals surface area (Å²) in [4.78, 5) is 53.0. The molecule has 0 aliphatic carbocycles. The van der Waals surface area contributed by atoms with Gasteiger partial charge in [-0.2, -0.15) is 26.3 Å². The van der Waals surface area contributed by atoms with Gasteiger partial charge >= 0.3 is 30.3 Å². The third-order valence-corrected chi connectivity index (χ3v) is 8.19. The number of carbonyl (C=O) groups excluding carboxylic acids is 3. The van der Waals surface area contributed by atoms with Gasteiger partial charge in [0.15, 0.2) is 11.6 Å².